The first-order valence-electron chi connectivity index (χ1n) is 15.9. The number of hydrogen-bond donors (Lipinski definition) is 6. The van der Waals surface area contributed by atoms with Gasteiger partial charge in [0.2, 0.25) is 11.6 Å². The number of amides is 2. The summed E-state index contributed by atoms with van der Waals surface area (Å²) in [7, 11) is -0.705. The molecular formula is C37H37N10O5S+. The van der Waals surface area contributed by atoms with Gasteiger partial charge in [-0.25, -0.2) is 17.6 Å². The first-order valence-corrected chi connectivity index (χ1v) is 17.3. The van der Waals surface area contributed by atoms with Crippen molar-refractivity contribution in [3.8, 4) is 22.3 Å². The molecule has 270 valence electrons. The maximum absolute atomic E-state index is 12.8. The van der Waals surface area contributed by atoms with E-state index >= 15 is 0 Å². The highest BCUT2D eigenvalue weighted by Crippen LogP contribution is 2.26. The molecule has 0 fully saturated rings. The van der Waals surface area contributed by atoms with Gasteiger partial charge in [0.1, 0.15) is 10.1 Å². The fourth-order valence-corrected chi connectivity index (χ4v) is 5.44. The summed E-state index contributed by atoms with van der Waals surface area (Å²) in [4.78, 5) is 33.7. The van der Waals surface area contributed by atoms with Crippen LogP contribution in [0.1, 0.15) is 26.3 Å². The maximum atomic E-state index is 12.8. The molecule has 2 heterocycles. The van der Waals surface area contributed by atoms with E-state index in [4.69, 9.17) is 22.9 Å². The number of nitrogen functional groups attached to an aromatic ring is 4. The SMILES string of the molecule is C[n+]1cc(-c2ccc(NC(=O)c3ccc(C(=O)Nc4ccc(-c5c[n+](C)c(N)nc5N)cc4)cc3)cc2)c(N)nc1N.Cc1ccc(S(=O)(=O)[O-])cc1. The van der Waals surface area contributed by atoms with Gasteiger partial charge in [0.25, 0.3) is 11.8 Å². The molecule has 0 atom stereocenters. The van der Waals surface area contributed by atoms with Crippen LogP contribution in [0.15, 0.2) is 114 Å². The van der Waals surface area contributed by atoms with Crippen LogP contribution in [-0.2, 0) is 24.2 Å². The molecule has 4 aromatic carbocycles. The second kappa shape index (κ2) is 15.5. The summed E-state index contributed by atoms with van der Waals surface area (Å²) in [6.07, 6.45) is 3.60. The van der Waals surface area contributed by atoms with Gasteiger partial charge in [0.05, 0.1) is 42.5 Å². The van der Waals surface area contributed by atoms with Crippen LogP contribution in [0, 0.1) is 6.92 Å². The number of rotatable bonds is 7. The number of carbonyl (C=O) groups excluding carboxylic acids is 2. The fourth-order valence-electron chi connectivity index (χ4n) is 4.97. The van der Waals surface area contributed by atoms with Crippen molar-refractivity contribution >= 4 is 56.8 Å². The van der Waals surface area contributed by atoms with Crippen molar-refractivity contribution in [3.05, 3.63) is 126 Å². The molecule has 2 aromatic heterocycles. The van der Waals surface area contributed by atoms with E-state index in [2.05, 4.69) is 20.6 Å². The van der Waals surface area contributed by atoms with Gasteiger partial charge in [-0.3, -0.25) is 21.1 Å². The Morgan fingerprint density at radius 3 is 1.30 bits per heavy atom. The number of nitrogens with two attached hydrogens (primary N) is 4. The molecule has 0 unspecified atom stereocenters. The van der Waals surface area contributed by atoms with E-state index in [0.717, 1.165) is 27.8 Å². The second-order valence-electron chi connectivity index (χ2n) is 11.9. The molecule has 0 aliphatic heterocycles. The van der Waals surface area contributed by atoms with Gasteiger partial charge in [-0.1, -0.05) is 51.9 Å². The van der Waals surface area contributed by atoms with Crippen LogP contribution in [0.3, 0.4) is 0 Å². The maximum Gasteiger partial charge on any atom is 0.391 e. The number of hydrogen-bond acceptors (Lipinski definition) is 11. The Kier molecular flexibility index (Phi) is 11.0. The number of anilines is 6. The smallest absolute Gasteiger partial charge is 0.391 e. The summed E-state index contributed by atoms with van der Waals surface area (Å²) in [5, 5.41) is 5.71. The van der Waals surface area contributed by atoms with Crippen LogP contribution in [0.25, 0.3) is 22.3 Å². The minimum Gasteiger partial charge on any atom is -0.744 e. The van der Waals surface area contributed by atoms with E-state index in [1.54, 1.807) is 96.3 Å². The number of benzene rings is 4. The van der Waals surface area contributed by atoms with Crippen LogP contribution in [-0.4, -0.2) is 34.8 Å². The summed E-state index contributed by atoms with van der Waals surface area (Å²) >= 11 is 0. The zero-order valence-electron chi connectivity index (χ0n) is 28.9. The third-order valence-corrected chi connectivity index (χ3v) is 8.87. The van der Waals surface area contributed by atoms with Crippen LogP contribution in [0.5, 0.6) is 0 Å². The van der Waals surface area contributed by atoms with Crippen molar-refractivity contribution in [2.24, 2.45) is 14.1 Å². The highest BCUT2D eigenvalue weighted by atomic mass is 32.2. The fraction of sp³-hybridized carbons (Fsp3) is 0.0811. The molecule has 0 aliphatic carbocycles. The van der Waals surface area contributed by atoms with E-state index in [1.165, 1.54) is 12.1 Å². The second-order valence-corrected chi connectivity index (χ2v) is 13.3. The van der Waals surface area contributed by atoms with Crippen LogP contribution in [0.2, 0.25) is 0 Å². The number of nitrogens with zero attached hydrogens (tertiary/aromatic N) is 4. The third kappa shape index (κ3) is 9.26. The third-order valence-electron chi connectivity index (χ3n) is 8.02. The largest absolute Gasteiger partial charge is 0.744 e. The lowest BCUT2D eigenvalue weighted by Gasteiger charge is -2.09. The molecule has 0 radical (unpaired) electrons. The summed E-state index contributed by atoms with van der Waals surface area (Å²) in [5.74, 6) is 0.639. The molecular weight excluding hydrogens is 697 g/mol. The number of aryl methyl sites for hydroxylation is 3. The Balaban J connectivity index is 0.000000422. The summed E-state index contributed by atoms with van der Waals surface area (Å²) < 4.78 is 34.5. The highest BCUT2D eigenvalue weighted by Gasteiger charge is 2.15. The van der Waals surface area contributed by atoms with E-state index < -0.39 is 10.1 Å². The van der Waals surface area contributed by atoms with Gasteiger partial charge in [0, 0.05) is 22.5 Å². The van der Waals surface area contributed by atoms with Gasteiger partial charge in [0.15, 0.2) is 0 Å². The topological polar surface area (TPSA) is 253 Å². The molecule has 0 saturated heterocycles. The lowest BCUT2D eigenvalue weighted by molar-refractivity contribution is -0.658. The molecule has 6 aromatic rings. The van der Waals surface area contributed by atoms with Crippen molar-refractivity contribution < 1.29 is 31.7 Å². The number of carbonyl (C=O) groups is 2. The first kappa shape index (κ1) is 37.3. The van der Waals surface area contributed by atoms with Gasteiger partial charge < -0.3 is 26.7 Å². The van der Waals surface area contributed by atoms with E-state index in [0.29, 0.717) is 46.0 Å². The van der Waals surface area contributed by atoms with Crippen molar-refractivity contribution in [3.63, 3.8) is 0 Å². The Morgan fingerprint density at radius 2 is 0.962 bits per heavy atom. The zero-order valence-corrected chi connectivity index (χ0v) is 29.8. The molecule has 53 heavy (non-hydrogen) atoms. The van der Waals surface area contributed by atoms with Crippen LogP contribution in [0.4, 0.5) is 34.9 Å². The van der Waals surface area contributed by atoms with Crippen molar-refractivity contribution in [1.29, 1.82) is 0 Å². The van der Waals surface area contributed by atoms with Crippen molar-refractivity contribution in [1.82, 2.24) is 9.97 Å². The van der Waals surface area contributed by atoms with Crippen LogP contribution < -0.4 is 42.7 Å². The number of nitrogens with one attached hydrogen (secondary N) is 2. The van der Waals surface area contributed by atoms with E-state index in [1.807, 2.05) is 31.2 Å². The minimum absolute atomic E-state index is 0.178. The molecule has 0 aliphatic rings. The standard InChI is InChI=1S/C30H28N10O2.C7H8O3S/c1-39-15-23(25(31)37-29(39)33)17-7-11-21(12-8-17)35-27(41)19-3-5-20(6-4-19)28(42)36-22-13-9-18(10-14-22)24-16-40(2)30(34)38-26(24)32;1-6-2-4-7(5-3-6)11(8,9)10/h3-16H,1-2H3,(H8,31,32,33,34,35,36,37,38,41,42);2-5H,1H3,(H,8,9,10)/p+1. The predicted molar refractivity (Wildman–Crippen MR) is 201 cm³/mol. The Bertz CT molecular complexity index is 2270. The van der Waals surface area contributed by atoms with Gasteiger partial charge in [-0.05, 0) is 78.7 Å². The summed E-state index contributed by atoms with van der Waals surface area (Å²) in [6.45, 7) is 1.82. The van der Waals surface area contributed by atoms with Crippen molar-refractivity contribution in [2.45, 2.75) is 11.8 Å². The van der Waals surface area contributed by atoms with Crippen molar-refractivity contribution in [2.75, 3.05) is 33.6 Å². The molecule has 15 nitrogen and oxygen atoms in total. The average Bonchev–Trinajstić information content (AvgIpc) is 3.12. The monoisotopic (exact) mass is 733 g/mol. The van der Waals surface area contributed by atoms with Crippen LogP contribution >= 0.6 is 0 Å². The normalized spacial score (nSPS) is 10.9. The quantitative estimate of drug-likeness (QED) is 0.103. The molecule has 6 rings (SSSR count). The Hall–Kier alpha value is -6.91. The lowest BCUT2D eigenvalue weighted by atomic mass is 10.1. The summed E-state index contributed by atoms with van der Waals surface area (Å²) in [6, 6.07) is 26.6. The van der Waals surface area contributed by atoms with E-state index in [-0.39, 0.29) is 16.7 Å². The Labute approximate surface area is 305 Å². The molecule has 10 N–H and O–H groups in total. The predicted octanol–water partition coefficient (Wildman–Crippen LogP) is 3.19. The molecule has 0 bridgehead atoms. The molecule has 0 saturated carbocycles. The lowest BCUT2D eigenvalue weighted by Crippen LogP contribution is -2.33. The molecule has 16 heteroatoms. The number of aromatic nitrogens is 4. The van der Waals surface area contributed by atoms with Gasteiger partial charge in [-0.15, -0.1) is 0 Å². The minimum atomic E-state index is -4.27. The Morgan fingerprint density at radius 1 is 0.604 bits per heavy atom. The zero-order chi connectivity index (χ0) is 38.4. The van der Waals surface area contributed by atoms with Gasteiger partial charge >= 0.3 is 11.9 Å². The molecule has 0 spiro atoms. The summed E-state index contributed by atoms with van der Waals surface area (Å²) in [5.41, 5.74) is 29.7. The van der Waals surface area contributed by atoms with Gasteiger partial charge in [-0.2, -0.15) is 0 Å². The van der Waals surface area contributed by atoms with E-state index in [9.17, 15) is 22.6 Å². The highest BCUT2D eigenvalue weighted by molar-refractivity contribution is 7.85. The first-order chi connectivity index (χ1) is 25.1. The molecule has 2 amide bonds. The average molecular weight is 734 g/mol.